The number of anilines is 1. The Hall–Kier alpha value is -1.71. The molecule has 1 aromatic heterocycles. The highest BCUT2D eigenvalue weighted by Gasteiger charge is 2.11. The Morgan fingerprint density at radius 3 is 2.53 bits per heavy atom. The van der Waals surface area contributed by atoms with Gasteiger partial charge in [0.05, 0.1) is 0 Å². The Balaban J connectivity index is 2.09. The molecule has 1 aliphatic heterocycles. The Morgan fingerprint density at radius 2 is 2.00 bits per heavy atom. The molecule has 2 N–H and O–H groups in total. The lowest BCUT2D eigenvalue weighted by Gasteiger charge is -2.16. The third kappa shape index (κ3) is 2.35. The Bertz CT molecular complexity index is 450. The molecular weight excluding hydrogens is 212 g/mol. The molecule has 0 amide bonds. The smallest absolute Gasteiger partial charge is 0.149 e. The molecule has 0 spiro atoms. The molecule has 1 aromatic rings. The van der Waals surface area contributed by atoms with Gasteiger partial charge in [-0.05, 0) is 32.8 Å². The van der Waals surface area contributed by atoms with Gasteiger partial charge in [-0.1, -0.05) is 6.58 Å². The summed E-state index contributed by atoms with van der Waals surface area (Å²) in [5, 5.41) is 4.26. The first-order valence-electron chi connectivity index (χ1n) is 6.03. The highest BCUT2D eigenvalue weighted by atomic mass is 15.3. The standard InChI is InChI=1S/C13H20N4/c1-10(16-7-4-5-8-16)6-9-17-12(3)11(2)13(14)15-17/h6,9H,1,4-5,7-8H2,2-3H3,(H2,14,15)/b9-6-. The second-order valence-electron chi connectivity index (χ2n) is 4.54. The van der Waals surface area contributed by atoms with Gasteiger partial charge in [0.15, 0.2) is 0 Å². The number of nitrogens with two attached hydrogens (primary N) is 1. The number of hydrogen-bond acceptors (Lipinski definition) is 3. The average Bonchev–Trinajstić information content (AvgIpc) is 2.91. The highest BCUT2D eigenvalue weighted by Crippen LogP contribution is 2.16. The first kappa shape index (κ1) is 11.8. The summed E-state index contributed by atoms with van der Waals surface area (Å²) in [6.07, 6.45) is 6.46. The zero-order chi connectivity index (χ0) is 12.4. The van der Waals surface area contributed by atoms with Crippen LogP contribution in [0.25, 0.3) is 6.20 Å². The molecule has 2 rings (SSSR count). The molecule has 1 fully saturated rings. The number of aromatic nitrogens is 2. The maximum atomic E-state index is 5.77. The van der Waals surface area contributed by atoms with Crippen LogP contribution >= 0.6 is 0 Å². The molecule has 0 bridgehead atoms. The van der Waals surface area contributed by atoms with Crippen LogP contribution in [0.15, 0.2) is 18.4 Å². The summed E-state index contributed by atoms with van der Waals surface area (Å²) in [6.45, 7) is 10.3. The van der Waals surface area contributed by atoms with E-state index < -0.39 is 0 Å². The first-order chi connectivity index (χ1) is 8.09. The van der Waals surface area contributed by atoms with Gasteiger partial charge in [-0.15, -0.1) is 0 Å². The maximum absolute atomic E-state index is 5.77. The summed E-state index contributed by atoms with van der Waals surface area (Å²) in [7, 11) is 0. The Kier molecular flexibility index (Phi) is 3.22. The second kappa shape index (κ2) is 4.65. The third-order valence-corrected chi connectivity index (χ3v) is 3.41. The Morgan fingerprint density at radius 1 is 1.35 bits per heavy atom. The van der Waals surface area contributed by atoms with E-state index in [0.29, 0.717) is 5.82 Å². The van der Waals surface area contributed by atoms with Crippen molar-refractivity contribution >= 4 is 12.0 Å². The summed E-state index contributed by atoms with van der Waals surface area (Å²) >= 11 is 0. The van der Waals surface area contributed by atoms with Gasteiger partial charge >= 0.3 is 0 Å². The van der Waals surface area contributed by atoms with Crippen molar-refractivity contribution in [3.8, 4) is 0 Å². The fourth-order valence-corrected chi connectivity index (χ4v) is 2.03. The van der Waals surface area contributed by atoms with Crippen molar-refractivity contribution in [1.29, 1.82) is 0 Å². The number of nitrogen functional groups attached to an aromatic ring is 1. The maximum Gasteiger partial charge on any atom is 0.149 e. The lowest BCUT2D eigenvalue weighted by molar-refractivity contribution is 0.442. The van der Waals surface area contributed by atoms with E-state index in [1.807, 2.05) is 30.8 Å². The number of rotatable bonds is 3. The molecule has 92 valence electrons. The summed E-state index contributed by atoms with van der Waals surface area (Å²) in [5.41, 5.74) is 8.94. The number of likely N-dealkylation sites (tertiary alicyclic amines) is 1. The van der Waals surface area contributed by atoms with Gasteiger partial charge in [0.2, 0.25) is 0 Å². The molecular formula is C13H20N4. The van der Waals surface area contributed by atoms with E-state index in [1.165, 1.54) is 12.8 Å². The van der Waals surface area contributed by atoms with Gasteiger partial charge in [0, 0.05) is 36.2 Å². The van der Waals surface area contributed by atoms with E-state index in [-0.39, 0.29) is 0 Å². The largest absolute Gasteiger partial charge is 0.382 e. The van der Waals surface area contributed by atoms with Gasteiger partial charge in [-0.3, -0.25) is 0 Å². The molecule has 0 aromatic carbocycles. The molecule has 0 unspecified atom stereocenters. The van der Waals surface area contributed by atoms with Crippen molar-refractivity contribution < 1.29 is 0 Å². The predicted molar refractivity (Wildman–Crippen MR) is 71.4 cm³/mol. The summed E-state index contributed by atoms with van der Waals surface area (Å²) in [6, 6.07) is 0. The molecule has 1 saturated heterocycles. The number of hydrogen-bond donors (Lipinski definition) is 1. The number of allylic oxidation sites excluding steroid dienone is 1. The predicted octanol–water partition coefficient (Wildman–Crippen LogP) is 2.16. The fourth-order valence-electron chi connectivity index (χ4n) is 2.03. The van der Waals surface area contributed by atoms with Crippen LogP contribution in [0.4, 0.5) is 5.82 Å². The van der Waals surface area contributed by atoms with E-state index in [4.69, 9.17) is 5.73 Å². The van der Waals surface area contributed by atoms with Gasteiger partial charge in [0.1, 0.15) is 5.82 Å². The van der Waals surface area contributed by atoms with Gasteiger partial charge in [0.25, 0.3) is 0 Å². The first-order valence-corrected chi connectivity index (χ1v) is 6.03. The minimum atomic E-state index is 0.596. The average molecular weight is 232 g/mol. The fraction of sp³-hybridized carbons (Fsp3) is 0.462. The molecule has 17 heavy (non-hydrogen) atoms. The molecule has 0 aliphatic carbocycles. The molecule has 0 atom stereocenters. The molecule has 0 radical (unpaired) electrons. The highest BCUT2D eigenvalue weighted by molar-refractivity contribution is 5.45. The van der Waals surface area contributed by atoms with Crippen molar-refractivity contribution in [3.63, 3.8) is 0 Å². The zero-order valence-corrected chi connectivity index (χ0v) is 10.6. The van der Waals surface area contributed by atoms with Crippen LogP contribution in [0.5, 0.6) is 0 Å². The second-order valence-corrected chi connectivity index (χ2v) is 4.54. The number of nitrogens with zero attached hydrogens (tertiary/aromatic N) is 3. The molecule has 1 aliphatic rings. The topological polar surface area (TPSA) is 47.1 Å². The van der Waals surface area contributed by atoms with Gasteiger partial charge < -0.3 is 10.6 Å². The lowest BCUT2D eigenvalue weighted by atomic mass is 10.3. The minimum absolute atomic E-state index is 0.596. The van der Waals surface area contributed by atoms with E-state index in [9.17, 15) is 0 Å². The van der Waals surface area contributed by atoms with Gasteiger partial charge in [-0.2, -0.15) is 5.10 Å². The summed E-state index contributed by atoms with van der Waals surface area (Å²) < 4.78 is 1.81. The molecule has 4 nitrogen and oxygen atoms in total. The van der Waals surface area contributed by atoms with Crippen LogP contribution in [0.1, 0.15) is 24.1 Å². The van der Waals surface area contributed by atoms with Gasteiger partial charge in [-0.25, -0.2) is 4.68 Å². The monoisotopic (exact) mass is 232 g/mol. The lowest BCUT2D eigenvalue weighted by Crippen LogP contribution is -2.16. The zero-order valence-electron chi connectivity index (χ0n) is 10.6. The Labute approximate surface area is 102 Å². The van der Waals surface area contributed by atoms with Crippen molar-refractivity contribution in [1.82, 2.24) is 14.7 Å². The van der Waals surface area contributed by atoms with E-state index in [0.717, 1.165) is 30.0 Å². The van der Waals surface area contributed by atoms with Crippen LogP contribution in [0, 0.1) is 13.8 Å². The normalized spacial score (nSPS) is 16.0. The van der Waals surface area contributed by atoms with E-state index in [1.54, 1.807) is 0 Å². The molecule has 2 heterocycles. The van der Waals surface area contributed by atoms with Crippen LogP contribution < -0.4 is 5.73 Å². The third-order valence-electron chi connectivity index (χ3n) is 3.41. The molecule has 4 heteroatoms. The van der Waals surface area contributed by atoms with E-state index >= 15 is 0 Å². The SMILES string of the molecule is C=C(/C=C\n1nc(N)c(C)c1C)N1CCCC1. The summed E-state index contributed by atoms with van der Waals surface area (Å²) in [4.78, 5) is 2.30. The summed E-state index contributed by atoms with van der Waals surface area (Å²) in [5.74, 6) is 0.596. The van der Waals surface area contributed by atoms with Crippen molar-refractivity contribution in [2.75, 3.05) is 18.8 Å². The van der Waals surface area contributed by atoms with Crippen LogP contribution in [-0.4, -0.2) is 27.8 Å². The van der Waals surface area contributed by atoms with Crippen molar-refractivity contribution in [3.05, 3.63) is 29.6 Å². The van der Waals surface area contributed by atoms with Crippen molar-refractivity contribution in [2.24, 2.45) is 0 Å². The van der Waals surface area contributed by atoms with Crippen LogP contribution in [-0.2, 0) is 0 Å². The quantitative estimate of drug-likeness (QED) is 0.812. The van der Waals surface area contributed by atoms with E-state index in [2.05, 4.69) is 16.6 Å². The van der Waals surface area contributed by atoms with Crippen LogP contribution in [0.2, 0.25) is 0 Å². The minimum Gasteiger partial charge on any atom is -0.382 e. The van der Waals surface area contributed by atoms with Crippen molar-refractivity contribution in [2.45, 2.75) is 26.7 Å². The molecule has 0 saturated carbocycles. The van der Waals surface area contributed by atoms with Crippen LogP contribution in [0.3, 0.4) is 0 Å².